The molecule has 0 atom stereocenters. The van der Waals surface area contributed by atoms with Crippen LogP contribution < -0.4 is 5.56 Å². The summed E-state index contributed by atoms with van der Waals surface area (Å²) in [7, 11) is 0. The van der Waals surface area contributed by atoms with E-state index in [4.69, 9.17) is 8.83 Å². The zero-order valence-electron chi connectivity index (χ0n) is 18.3. The molecule has 0 saturated heterocycles. The third-order valence-electron chi connectivity index (χ3n) is 5.58. The van der Waals surface area contributed by atoms with Gasteiger partial charge in [0.25, 0.3) is 5.56 Å². The molecule has 0 radical (unpaired) electrons. The normalized spacial score (nSPS) is 11.8. The topological polar surface area (TPSA) is 73.5 Å². The second kappa shape index (κ2) is 9.00. The molecule has 0 fully saturated rings. The number of hydrogen-bond acceptors (Lipinski definition) is 5. The Morgan fingerprint density at radius 3 is 2.56 bits per heavy atom. The Balaban J connectivity index is 1.47. The lowest BCUT2D eigenvalue weighted by atomic mass is 10.1. The molecule has 36 heavy (non-hydrogen) atoms. The summed E-state index contributed by atoms with van der Waals surface area (Å²) in [5.74, 6) is 0.893. The zero-order valence-corrected chi connectivity index (χ0v) is 21.5. The summed E-state index contributed by atoms with van der Waals surface area (Å²) in [6, 6.07) is 22.5. The Morgan fingerprint density at radius 1 is 0.889 bits per heavy atom. The molecule has 0 aliphatic rings. The average molecular weight is 607 g/mol. The Morgan fingerprint density at radius 2 is 1.69 bits per heavy atom. The standard InChI is InChI=1S/C27H14Br2FN3O3/c28-16-6-9-23-15(11-16)12-25(36-23)26-32-22-4-2-1-3-20(22)27(34)33(26)31-14-18-7-10-24(35-18)19-8-5-17(29)13-21(19)30/h1-14H. The quantitative estimate of drug-likeness (QED) is 0.194. The van der Waals surface area contributed by atoms with Crippen LogP contribution in [0.15, 0.2) is 107 Å². The van der Waals surface area contributed by atoms with Gasteiger partial charge in [-0.3, -0.25) is 4.79 Å². The van der Waals surface area contributed by atoms with Crippen LogP contribution in [0.25, 0.3) is 44.8 Å². The van der Waals surface area contributed by atoms with Crippen molar-refractivity contribution in [1.29, 1.82) is 0 Å². The maximum absolute atomic E-state index is 14.4. The SMILES string of the molecule is O=c1c2ccccc2nc(-c2cc3cc(Br)ccc3o2)n1N=Cc1ccc(-c2ccc(Br)cc2F)o1. The Hall–Kier alpha value is -3.82. The zero-order chi connectivity index (χ0) is 24.8. The van der Waals surface area contributed by atoms with Crippen LogP contribution in [0.4, 0.5) is 4.39 Å². The van der Waals surface area contributed by atoms with Gasteiger partial charge in [0.2, 0.25) is 5.82 Å². The minimum atomic E-state index is -0.420. The first-order valence-electron chi connectivity index (χ1n) is 10.8. The van der Waals surface area contributed by atoms with Gasteiger partial charge < -0.3 is 8.83 Å². The lowest BCUT2D eigenvalue weighted by Crippen LogP contribution is -2.20. The van der Waals surface area contributed by atoms with Gasteiger partial charge in [0.15, 0.2) is 5.76 Å². The maximum atomic E-state index is 14.4. The lowest BCUT2D eigenvalue weighted by Gasteiger charge is -2.06. The Labute approximate surface area is 219 Å². The monoisotopic (exact) mass is 605 g/mol. The Bertz CT molecular complexity index is 1870. The summed E-state index contributed by atoms with van der Waals surface area (Å²) in [6.07, 6.45) is 1.39. The first-order chi connectivity index (χ1) is 17.5. The van der Waals surface area contributed by atoms with E-state index in [0.29, 0.717) is 43.8 Å². The second-order valence-electron chi connectivity index (χ2n) is 7.93. The molecule has 0 bridgehead atoms. The molecule has 0 aliphatic heterocycles. The number of nitrogens with zero attached hydrogens (tertiary/aromatic N) is 3. The van der Waals surface area contributed by atoms with Gasteiger partial charge in [-0.15, -0.1) is 0 Å². The van der Waals surface area contributed by atoms with Crippen LogP contribution in [0.1, 0.15) is 5.76 Å². The van der Waals surface area contributed by atoms with Gasteiger partial charge in [-0.05, 0) is 66.7 Å². The summed E-state index contributed by atoms with van der Waals surface area (Å²) in [5.41, 5.74) is 1.13. The van der Waals surface area contributed by atoms with E-state index in [1.165, 1.54) is 17.0 Å². The fraction of sp³-hybridized carbons (Fsp3) is 0. The molecule has 9 heteroatoms. The van der Waals surface area contributed by atoms with Gasteiger partial charge in [-0.25, -0.2) is 9.37 Å². The van der Waals surface area contributed by atoms with E-state index >= 15 is 0 Å². The Kier molecular flexibility index (Phi) is 5.66. The molecular formula is C27H14Br2FN3O3. The summed E-state index contributed by atoms with van der Waals surface area (Å²) in [6.45, 7) is 0. The van der Waals surface area contributed by atoms with Crippen LogP contribution in [0.2, 0.25) is 0 Å². The molecule has 6 nitrogen and oxygen atoms in total. The lowest BCUT2D eigenvalue weighted by molar-refractivity contribution is 0.562. The number of fused-ring (bicyclic) bond motifs is 2. The van der Waals surface area contributed by atoms with E-state index in [1.54, 1.807) is 42.5 Å². The van der Waals surface area contributed by atoms with Gasteiger partial charge in [-0.2, -0.15) is 9.78 Å². The number of rotatable bonds is 4. The molecule has 3 aromatic heterocycles. The van der Waals surface area contributed by atoms with Gasteiger partial charge in [0.1, 0.15) is 22.9 Å². The van der Waals surface area contributed by atoms with Crippen molar-refractivity contribution in [1.82, 2.24) is 9.66 Å². The van der Waals surface area contributed by atoms with Gasteiger partial charge >= 0.3 is 0 Å². The van der Waals surface area contributed by atoms with Crippen molar-refractivity contribution in [3.8, 4) is 22.9 Å². The molecule has 0 saturated carbocycles. The molecule has 3 aromatic carbocycles. The molecule has 6 aromatic rings. The van der Waals surface area contributed by atoms with Crippen molar-refractivity contribution in [2.24, 2.45) is 5.10 Å². The average Bonchev–Trinajstić information content (AvgIpc) is 3.50. The molecule has 6 rings (SSSR count). The molecule has 3 heterocycles. The molecular weight excluding hydrogens is 593 g/mol. The van der Waals surface area contributed by atoms with Crippen LogP contribution >= 0.6 is 31.9 Å². The van der Waals surface area contributed by atoms with Gasteiger partial charge in [0.05, 0.1) is 22.7 Å². The molecule has 0 N–H and O–H groups in total. The molecule has 176 valence electrons. The van der Waals surface area contributed by atoms with Crippen molar-refractivity contribution in [2.45, 2.75) is 0 Å². The van der Waals surface area contributed by atoms with Crippen LogP contribution in [0.3, 0.4) is 0 Å². The maximum Gasteiger partial charge on any atom is 0.282 e. The van der Waals surface area contributed by atoms with E-state index in [9.17, 15) is 9.18 Å². The molecule has 0 amide bonds. The first-order valence-corrected chi connectivity index (χ1v) is 12.4. The minimum absolute atomic E-state index is 0.244. The largest absolute Gasteiger partial charge is 0.455 e. The third-order valence-corrected chi connectivity index (χ3v) is 6.56. The van der Waals surface area contributed by atoms with Crippen molar-refractivity contribution in [3.63, 3.8) is 0 Å². The van der Waals surface area contributed by atoms with Crippen LogP contribution in [-0.4, -0.2) is 15.9 Å². The highest BCUT2D eigenvalue weighted by Crippen LogP contribution is 2.30. The highest BCUT2D eigenvalue weighted by atomic mass is 79.9. The predicted octanol–water partition coefficient (Wildman–Crippen LogP) is 7.62. The third kappa shape index (κ3) is 4.10. The van der Waals surface area contributed by atoms with Gasteiger partial charge in [-0.1, -0.05) is 44.0 Å². The van der Waals surface area contributed by atoms with E-state index < -0.39 is 5.82 Å². The van der Waals surface area contributed by atoms with E-state index in [1.807, 2.05) is 30.3 Å². The number of furan rings is 2. The first kappa shape index (κ1) is 22.6. The number of para-hydroxylation sites is 1. The van der Waals surface area contributed by atoms with Crippen molar-refractivity contribution in [2.75, 3.05) is 0 Å². The second-order valence-corrected chi connectivity index (χ2v) is 9.76. The van der Waals surface area contributed by atoms with E-state index in [0.717, 1.165) is 9.86 Å². The fourth-order valence-corrected chi connectivity index (χ4v) is 4.60. The highest BCUT2D eigenvalue weighted by molar-refractivity contribution is 9.10. The van der Waals surface area contributed by atoms with Crippen LogP contribution in [0.5, 0.6) is 0 Å². The number of benzene rings is 3. The number of halogens is 3. The number of aromatic nitrogens is 2. The summed E-state index contributed by atoms with van der Waals surface area (Å²) >= 11 is 6.71. The smallest absolute Gasteiger partial charge is 0.282 e. The summed E-state index contributed by atoms with van der Waals surface area (Å²) in [4.78, 5) is 18.1. The van der Waals surface area contributed by atoms with E-state index in [2.05, 4.69) is 41.9 Å². The fourth-order valence-electron chi connectivity index (χ4n) is 3.89. The van der Waals surface area contributed by atoms with Crippen LogP contribution in [-0.2, 0) is 0 Å². The molecule has 0 unspecified atom stereocenters. The summed E-state index contributed by atoms with van der Waals surface area (Å²) < 4.78 is 28.9. The van der Waals surface area contributed by atoms with Crippen LogP contribution in [0, 0.1) is 5.82 Å². The predicted molar refractivity (Wildman–Crippen MR) is 144 cm³/mol. The molecule has 0 spiro atoms. The van der Waals surface area contributed by atoms with Crippen molar-refractivity contribution >= 4 is 59.9 Å². The molecule has 0 aliphatic carbocycles. The number of hydrogen-bond donors (Lipinski definition) is 0. The van der Waals surface area contributed by atoms with Crippen molar-refractivity contribution in [3.05, 3.63) is 110 Å². The minimum Gasteiger partial charge on any atom is -0.455 e. The van der Waals surface area contributed by atoms with E-state index in [-0.39, 0.29) is 11.4 Å². The highest BCUT2D eigenvalue weighted by Gasteiger charge is 2.17. The van der Waals surface area contributed by atoms with Crippen molar-refractivity contribution < 1.29 is 13.2 Å². The summed E-state index contributed by atoms with van der Waals surface area (Å²) in [5, 5.41) is 5.65. The van der Waals surface area contributed by atoms with Gasteiger partial charge in [0, 0.05) is 14.3 Å².